The fourth-order valence-electron chi connectivity index (χ4n) is 3.91. The molecule has 1 aromatic carbocycles. The minimum Gasteiger partial charge on any atom is -0.366 e. The highest BCUT2D eigenvalue weighted by Crippen LogP contribution is 2.40. The van der Waals surface area contributed by atoms with E-state index in [-0.39, 0.29) is 18.4 Å². The van der Waals surface area contributed by atoms with Crippen molar-refractivity contribution in [1.82, 2.24) is 24.4 Å². The van der Waals surface area contributed by atoms with Crippen molar-refractivity contribution in [3.8, 4) is 11.1 Å². The molecule has 4 aromatic rings. The van der Waals surface area contributed by atoms with Crippen LogP contribution in [-0.4, -0.2) is 30.3 Å². The van der Waals surface area contributed by atoms with Gasteiger partial charge in [0.1, 0.15) is 6.54 Å². The molecule has 3 aromatic heterocycles. The maximum atomic E-state index is 12.6. The molecular formula is C22H23N7O. The second kappa shape index (κ2) is 6.98. The lowest BCUT2D eigenvalue weighted by Crippen LogP contribution is -2.20. The van der Waals surface area contributed by atoms with Crippen LogP contribution in [0.15, 0.2) is 42.6 Å². The number of nitrogens with zero attached hydrogens (tertiary/aromatic N) is 5. The van der Waals surface area contributed by atoms with Crippen LogP contribution >= 0.6 is 0 Å². The summed E-state index contributed by atoms with van der Waals surface area (Å²) in [4.78, 5) is 16.8. The second-order valence-corrected chi connectivity index (χ2v) is 7.84. The Morgan fingerprint density at radius 2 is 1.93 bits per heavy atom. The zero-order valence-electron chi connectivity index (χ0n) is 17.0. The van der Waals surface area contributed by atoms with Crippen molar-refractivity contribution in [3.05, 3.63) is 59.5 Å². The van der Waals surface area contributed by atoms with Gasteiger partial charge in [0.15, 0.2) is 5.65 Å². The molecule has 1 amide bonds. The first-order valence-electron chi connectivity index (χ1n) is 10.0. The number of rotatable bonds is 5. The van der Waals surface area contributed by atoms with E-state index in [0.29, 0.717) is 11.6 Å². The van der Waals surface area contributed by atoms with Crippen molar-refractivity contribution in [2.45, 2.75) is 39.2 Å². The number of hydrogen-bond donors (Lipinski definition) is 2. The summed E-state index contributed by atoms with van der Waals surface area (Å²) in [6.45, 7) is 4.06. The van der Waals surface area contributed by atoms with Crippen LogP contribution in [0.2, 0.25) is 0 Å². The van der Waals surface area contributed by atoms with Crippen LogP contribution in [-0.2, 0) is 11.3 Å². The minimum atomic E-state index is -0.105. The fraction of sp³-hybridized carbons (Fsp3) is 0.273. The number of nitrogens with two attached hydrogens (primary N) is 1. The molecule has 1 aliphatic carbocycles. The lowest BCUT2D eigenvalue weighted by atomic mass is 10.1. The summed E-state index contributed by atoms with van der Waals surface area (Å²) in [5, 5.41) is 11.7. The Kier molecular flexibility index (Phi) is 4.27. The van der Waals surface area contributed by atoms with Gasteiger partial charge in [0.25, 0.3) is 0 Å². The molecule has 3 N–H and O–H groups in total. The van der Waals surface area contributed by atoms with Gasteiger partial charge in [-0.25, -0.2) is 4.52 Å². The van der Waals surface area contributed by atoms with E-state index in [1.54, 1.807) is 9.20 Å². The maximum absolute atomic E-state index is 12.6. The van der Waals surface area contributed by atoms with Gasteiger partial charge >= 0.3 is 0 Å². The topological polar surface area (TPSA) is 103 Å². The minimum absolute atomic E-state index is 0.105. The van der Waals surface area contributed by atoms with Crippen LogP contribution in [0.4, 0.5) is 11.6 Å². The number of nitrogen functional groups attached to an aromatic ring is 1. The number of amides is 1. The van der Waals surface area contributed by atoms with Crippen LogP contribution in [0.3, 0.4) is 0 Å². The number of benzene rings is 1. The van der Waals surface area contributed by atoms with E-state index in [9.17, 15) is 4.79 Å². The Labute approximate surface area is 173 Å². The lowest BCUT2D eigenvalue weighted by molar-refractivity contribution is -0.116. The zero-order valence-corrected chi connectivity index (χ0v) is 17.0. The molecule has 0 aliphatic heterocycles. The van der Waals surface area contributed by atoms with Crippen molar-refractivity contribution in [2.24, 2.45) is 0 Å². The number of aromatic nitrogens is 5. The van der Waals surface area contributed by atoms with Crippen LogP contribution in [0.5, 0.6) is 0 Å². The van der Waals surface area contributed by atoms with Crippen LogP contribution < -0.4 is 11.1 Å². The first kappa shape index (κ1) is 18.4. The number of pyridine rings is 1. The first-order chi connectivity index (χ1) is 14.5. The largest absolute Gasteiger partial charge is 0.366 e. The Hall–Kier alpha value is -3.68. The molecule has 5 rings (SSSR count). The summed E-state index contributed by atoms with van der Waals surface area (Å²) in [6, 6.07) is 12.0. The fourth-order valence-corrected chi connectivity index (χ4v) is 3.91. The highest BCUT2D eigenvalue weighted by atomic mass is 16.2. The average Bonchev–Trinajstić information content (AvgIpc) is 3.43. The quantitative estimate of drug-likeness (QED) is 0.534. The predicted octanol–water partition coefficient (Wildman–Crippen LogP) is 3.31. The third-order valence-corrected chi connectivity index (χ3v) is 5.56. The smallest absolute Gasteiger partial charge is 0.246 e. The summed E-state index contributed by atoms with van der Waals surface area (Å²) in [7, 11) is 0. The highest BCUT2D eigenvalue weighted by molar-refractivity contribution is 5.90. The molecule has 1 aliphatic rings. The number of fused-ring (bicyclic) bond motifs is 1. The van der Waals surface area contributed by atoms with Crippen molar-refractivity contribution < 1.29 is 4.79 Å². The highest BCUT2D eigenvalue weighted by Gasteiger charge is 2.23. The molecule has 152 valence electrons. The Balaban J connectivity index is 1.35. The zero-order chi connectivity index (χ0) is 20.8. The second-order valence-electron chi connectivity index (χ2n) is 7.84. The van der Waals surface area contributed by atoms with Crippen molar-refractivity contribution in [2.75, 3.05) is 11.1 Å². The molecule has 0 atom stereocenters. The molecule has 3 heterocycles. The summed E-state index contributed by atoms with van der Waals surface area (Å²) in [5.74, 6) is 0.835. The summed E-state index contributed by atoms with van der Waals surface area (Å²) >= 11 is 0. The molecule has 30 heavy (non-hydrogen) atoms. The van der Waals surface area contributed by atoms with Crippen molar-refractivity contribution in [1.29, 1.82) is 0 Å². The van der Waals surface area contributed by atoms with Gasteiger partial charge in [-0.15, -0.1) is 5.10 Å². The third-order valence-electron chi connectivity index (χ3n) is 5.56. The van der Waals surface area contributed by atoms with Crippen LogP contribution in [0.25, 0.3) is 16.8 Å². The molecular weight excluding hydrogens is 378 g/mol. The molecule has 8 nitrogen and oxygen atoms in total. The van der Waals surface area contributed by atoms with Gasteiger partial charge in [0.2, 0.25) is 11.9 Å². The van der Waals surface area contributed by atoms with E-state index in [0.717, 1.165) is 28.2 Å². The van der Waals surface area contributed by atoms with Gasteiger partial charge in [-0.2, -0.15) is 10.1 Å². The van der Waals surface area contributed by atoms with E-state index in [4.69, 9.17) is 5.73 Å². The van der Waals surface area contributed by atoms with Crippen LogP contribution in [0.1, 0.15) is 35.7 Å². The van der Waals surface area contributed by atoms with Gasteiger partial charge in [-0.1, -0.05) is 12.1 Å². The van der Waals surface area contributed by atoms with Gasteiger partial charge in [-0.3, -0.25) is 9.48 Å². The summed E-state index contributed by atoms with van der Waals surface area (Å²) in [6.07, 6.45) is 4.36. The SMILES string of the molecule is Cc1nn(CC(=O)Nc2ccc(C3CC3)cc2)c(C)c1-c1ccn2nc(N)nc2c1. The number of carbonyl (C=O) groups is 1. The molecule has 0 radical (unpaired) electrons. The van der Waals surface area contributed by atoms with E-state index in [1.165, 1.54) is 18.4 Å². The lowest BCUT2D eigenvalue weighted by Gasteiger charge is -2.08. The number of anilines is 2. The van der Waals surface area contributed by atoms with Gasteiger partial charge in [0.05, 0.1) is 5.69 Å². The van der Waals surface area contributed by atoms with E-state index in [2.05, 4.69) is 32.6 Å². The number of hydrogen-bond acceptors (Lipinski definition) is 5. The molecule has 8 heteroatoms. The molecule has 0 spiro atoms. The van der Waals surface area contributed by atoms with Gasteiger partial charge < -0.3 is 11.1 Å². The number of carbonyl (C=O) groups excluding carboxylic acids is 1. The number of nitrogens with one attached hydrogen (secondary N) is 1. The van der Waals surface area contributed by atoms with E-state index < -0.39 is 0 Å². The van der Waals surface area contributed by atoms with Gasteiger partial charge in [-0.05, 0) is 68.0 Å². The summed E-state index contributed by atoms with van der Waals surface area (Å²) in [5.41, 5.74) is 12.2. The van der Waals surface area contributed by atoms with Gasteiger partial charge in [0, 0.05) is 23.1 Å². The molecule has 0 saturated heterocycles. The van der Waals surface area contributed by atoms with Crippen molar-refractivity contribution >= 4 is 23.2 Å². The van der Waals surface area contributed by atoms with E-state index in [1.807, 2.05) is 44.3 Å². The standard InChI is InChI=1S/C22H23N7O/c1-13-21(17-9-10-28-19(11-17)25-22(23)27-28)14(2)29(26-13)12-20(30)24-18-7-5-16(6-8-18)15-3-4-15/h5-11,15H,3-4,12H2,1-2H3,(H2,23,27)(H,24,30). The monoisotopic (exact) mass is 401 g/mol. The Morgan fingerprint density at radius 1 is 1.17 bits per heavy atom. The molecule has 1 fully saturated rings. The molecule has 0 bridgehead atoms. The predicted molar refractivity (Wildman–Crippen MR) is 115 cm³/mol. The first-order valence-corrected chi connectivity index (χ1v) is 10.0. The summed E-state index contributed by atoms with van der Waals surface area (Å²) < 4.78 is 3.37. The van der Waals surface area contributed by atoms with Crippen molar-refractivity contribution in [3.63, 3.8) is 0 Å². The van der Waals surface area contributed by atoms with Crippen LogP contribution in [0, 0.1) is 13.8 Å². The number of aryl methyl sites for hydroxylation is 1. The molecule has 1 saturated carbocycles. The normalized spacial score (nSPS) is 13.7. The Bertz CT molecular complexity index is 1250. The van der Waals surface area contributed by atoms with E-state index >= 15 is 0 Å². The molecule has 0 unspecified atom stereocenters. The Morgan fingerprint density at radius 3 is 2.67 bits per heavy atom. The third kappa shape index (κ3) is 3.41. The maximum Gasteiger partial charge on any atom is 0.246 e. The average molecular weight is 401 g/mol.